The van der Waals surface area contributed by atoms with Gasteiger partial charge in [0.25, 0.3) is 0 Å². The highest BCUT2D eigenvalue weighted by molar-refractivity contribution is 5.78. The Bertz CT molecular complexity index is 472. The van der Waals surface area contributed by atoms with Crippen molar-refractivity contribution in [3.05, 3.63) is 23.8 Å². The molecular weight excluding hydrogens is 256 g/mol. The van der Waals surface area contributed by atoms with Crippen LogP contribution in [0.5, 0.6) is 11.5 Å². The largest absolute Gasteiger partial charge is 0.454 e. The van der Waals surface area contributed by atoms with Crippen LogP contribution < -0.4 is 14.8 Å². The molecule has 0 bridgehead atoms. The zero-order chi connectivity index (χ0) is 14.5. The van der Waals surface area contributed by atoms with Crippen molar-refractivity contribution < 1.29 is 14.3 Å². The van der Waals surface area contributed by atoms with Crippen LogP contribution in [-0.2, 0) is 4.79 Å². The van der Waals surface area contributed by atoms with Crippen molar-refractivity contribution in [2.45, 2.75) is 26.8 Å². The summed E-state index contributed by atoms with van der Waals surface area (Å²) in [4.78, 5) is 13.8. The molecule has 0 saturated carbocycles. The molecule has 1 atom stereocenters. The van der Waals surface area contributed by atoms with E-state index >= 15 is 0 Å². The van der Waals surface area contributed by atoms with Gasteiger partial charge in [0.05, 0.1) is 6.54 Å². The first-order chi connectivity index (χ1) is 9.65. The minimum atomic E-state index is 0.0870. The molecule has 20 heavy (non-hydrogen) atoms. The average molecular weight is 278 g/mol. The van der Waals surface area contributed by atoms with Crippen LogP contribution in [0.1, 0.15) is 32.4 Å². The summed E-state index contributed by atoms with van der Waals surface area (Å²) in [5.74, 6) is 1.67. The molecule has 110 valence electrons. The van der Waals surface area contributed by atoms with E-state index in [1.165, 1.54) is 0 Å². The fourth-order valence-corrected chi connectivity index (χ4v) is 2.23. The van der Waals surface area contributed by atoms with Crippen molar-refractivity contribution in [3.8, 4) is 11.5 Å². The van der Waals surface area contributed by atoms with E-state index in [4.69, 9.17) is 9.47 Å². The molecule has 1 aliphatic heterocycles. The van der Waals surface area contributed by atoms with Crippen LogP contribution in [-0.4, -0.2) is 37.2 Å². The Labute approximate surface area is 119 Å². The highest BCUT2D eigenvalue weighted by atomic mass is 16.7. The second-order valence-corrected chi connectivity index (χ2v) is 4.78. The van der Waals surface area contributed by atoms with E-state index in [2.05, 4.69) is 5.32 Å². The van der Waals surface area contributed by atoms with Gasteiger partial charge in [0.1, 0.15) is 0 Å². The molecule has 0 aromatic heterocycles. The highest BCUT2D eigenvalue weighted by Gasteiger charge is 2.16. The number of hydrogen-bond acceptors (Lipinski definition) is 4. The first kappa shape index (κ1) is 14.7. The molecule has 1 N–H and O–H groups in total. The molecule has 5 nitrogen and oxygen atoms in total. The lowest BCUT2D eigenvalue weighted by Crippen LogP contribution is -2.38. The first-order valence-corrected chi connectivity index (χ1v) is 7.06. The number of amides is 1. The van der Waals surface area contributed by atoms with Crippen LogP contribution >= 0.6 is 0 Å². The van der Waals surface area contributed by atoms with E-state index in [0.29, 0.717) is 6.54 Å². The van der Waals surface area contributed by atoms with Crippen molar-refractivity contribution in [2.24, 2.45) is 0 Å². The molecule has 1 unspecified atom stereocenters. The molecule has 1 amide bonds. The number of ether oxygens (including phenoxy) is 2. The van der Waals surface area contributed by atoms with Crippen LogP contribution in [0.2, 0.25) is 0 Å². The van der Waals surface area contributed by atoms with E-state index in [9.17, 15) is 4.79 Å². The number of carbonyl (C=O) groups is 1. The summed E-state index contributed by atoms with van der Waals surface area (Å²) in [6, 6.07) is 5.95. The maximum atomic E-state index is 11.9. The van der Waals surface area contributed by atoms with Crippen LogP contribution in [0.15, 0.2) is 18.2 Å². The van der Waals surface area contributed by atoms with Gasteiger partial charge in [-0.05, 0) is 38.5 Å². The smallest absolute Gasteiger partial charge is 0.236 e. The molecule has 1 aromatic rings. The van der Waals surface area contributed by atoms with Gasteiger partial charge in [0.15, 0.2) is 11.5 Å². The van der Waals surface area contributed by atoms with Crippen LogP contribution in [0, 0.1) is 0 Å². The number of likely N-dealkylation sites (N-methyl/N-ethyl adjacent to an activating group) is 1. The molecule has 1 aromatic carbocycles. The van der Waals surface area contributed by atoms with Crippen molar-refractivity contribution in [3.63, 3.8) is 0 Å². The number of fused-ring (bicyclic) bond motifs is 1. The van der Waals surface area contributed by atoms with Crippen molar-refractivity contribution in [1.29, 1.82) is 0 Å². The third-order valence-electron chi connectivity index (χ3n) is 3.57. The minimum Gasteiger partial charge on any atom is -0.454 e. The maximum Gasteiger partial charge on any atom is 0.236 e. The fraction of sp³-hybridized carbons (Fsp3) is 0.533. The van der Waals surface area contributed by atoms with Gasteiger partial charge in [-0.3, -0.25) is 4.79 Å². The fourth-order valence-electron chi connectivity index (χ4n) is 2.23. The molecule has 5 heteroatoms. The van der Waals surface area contributed by atoms with Crippen molar-refractivity contribution >= 4 is 5.91 Å². The van der Waals surface area contributed by atoms with Crippen LogP contribution in [0.25, 0.3) is 0 Å². The summed E-state index contributed by atoms with van der Waals surface area (Å²) < 4.78 is 10.7. The van der Waals surface area contributed by atoms with Gasteiger partial charge in [-0.15, -0.1) is 0 Å². The van der Waals surface area contributed by atoms with Crippen molar-refractivity contribution in [1.82, 2.24) is 10.2 Å². The topological polar surface area (TPSA) is 50.8 Å². The van der Waals surface area contributed by atoms with Gasteiger partial charge >= 0.3 is 0 Å². The minimum absolute atomic E-state index is 0.0870. The Balaban J connectivity index is 1.92. The molecule has 1 aliphatic rings. The van der Waals surface area contributed by atoms with E-state index in [1.54, 1.807) is 0 Å². The molecule has 2 rings (SSSR count). The van der Waals surface area contributed by atoms with Crippen LogP contribution in [0.4, 0.5) is 0 Å². The average Bonchev–Trinajstić information content (AvgIpc) is 2.93. The Hall–Kier alpha value is -1.75. The van der Waals surface area contributed by atoms with Gasteiger partial charge in [0, 0.05) is 19.1 Å². The first-order valence-electron chi connectivity index (χ1n) is 7.06. The quantitative estimate of drug-likeness (QED) is 0.864. The molecule has 0 spiro atoms. The van der Waals surface area contributed by atoms with Gasteiger partial charge in [0.2, 0.25) is 12.7 Å². The second kappa shape index (κ2) is 6.61. The molecular formula is C15H22N2O3. The van der Waals surface area contributed by atoms with E-state index in [1.807, 2.05) is 43.9 Å². The molecule has 0 saturated heterocycles. The van der Waals surface area contributed by atoms with Crippen LogP contribution in [0.3, 0.4) is 0 Å². The number of nitrogens with zero attached hydrogens (tertiary/aromatic N) is 1. The molecule has 0 fully saturated rings. The van der Waals surface area contributed by atoms with Gasteiger partial charge in [-0.2, -0.15) is 0 Å². The Kier molecular flexibility index (Phi) is 4.84. The molecule has 1 heterocycles. The van der Waals surface area contributed by atoms with Gasteiger partial charge in [-0.1, -0.05) is 6.07 Å². The predicted octanol–water partition coefficient (Wildman–Crippen LogP) is 1.93. The summed E-state index contributed by atoms with van der Waals surface area (Å²) >= 11 is 0. The lowest BCUT2D eigenvalue weighted by molar-refractivity contribution is -0.129. The third-order valence-corrected chi connectivity index (χ3v) is 3.57. The lowest BCUT2D eigenvalue weighted by atomic mass is 10.1. The second-order valence-electron chi connectivity index (χ2n) is 4.78. The third kappa shape index (κ3) is 3.22. The number of benzene rings is 1. The van der Waals surface area contributed by atoms with Gasteiger partial charge in [-0.25, -0.2) is 0 Å². The summed E-state index contributed by atoms with van der Waals surface area (Å²) in [6.45, 7) is 8.13. The zero-order valence-corrected chi connectivity index (χ0v) is 12.3. The lowest BCUT2D eigenvalue weighted by Gasteiger charge is -2.21. The summed E-state index contributed by atoms with van der Waals surface area (Å²) in [6.07, 6.45) is 0. The normalized spacial score (nSPS) is 14.2. The molecule has 0 aliphatic carbocycles. The summed E-state index contributed by atoms with van der Waals surface area (Å²) in [5, 5.41) is 3.25. The number of carbonyl (C=O) groups excluding carboxylic acids is 1. The predicted molar refractivity (Wildman–Crippen MR) is 76.9 cm³/mol. The molecule has 0 radical (unpaired) electrons. The number of nitrogens with one attached hydrogen (secondary N) is 1. The monoisotopic (exact) mass is 278 g/mol. The van der Waals surface area contributed by atoms with Gasteiger partial charge < -0.3 is 19.7 Å². The number of rotatable bonds is 6. The maximum absolute atomic E-state index is 11.9. The SMILES string of the molecule is CCN(CC)C(=O)CNC(C)c1ccc2c(c1)OCO2. The summed E-state index contributed by atoms with van der Waals surface area (Å²) in [7, 11) is 0. The zero-order valence-electron chi connectivity index (χ0n) is 12.3. The summed E-state index contributed by atoms with van der Waals surface area (Å²) in [5.41, 5.74) is 1.08. The Morgan fingerprint density at radius 1 is 1.30 bits per heavy atom. The Morgan fingerprint density at radius 3 is 2.70 bits per heavy atom. The highest BCUT2D eigenvalue weighted by Crippen LogP contribution is 2.34. The van der Waals surface area contributed by atoms with E-state index in [-0.39, 0.29) is 18.7 Å². The standard InChI is InChI=1S/C15H22N2O3/c1-4-17(5-2)15(18)9-16-11(3)12-6-7-13-14(8-12)20-10-19-13/h6-8,11,16H,4-5,9-10H2,1-3H3. The van der Waals surface area contributed by atoms with E-state index in [0.717, 1.165) is 30.2 Å². The van der Waals surface area contributed by atoms with Crippen molar-refractivity contribution in [2.75, 3.05) is 26.4 Å². The Morgan fingerprint density at radius 2 is 2.00 bits per heavy atom. The number of hydrogen-bond donors (Lipinski definition) is 1. The van der Waals surface area contributed by atoms with E-state index < -0.39 is 0 Å².